The Bertz CT molecular complexity index is 138. The van der Waals surface area contributed by atoms with Crippen LogP contribution in [-0.2, 0) is 4.79 Å². The summed E-state index contributed by atoms with van der Waals surface area (Å²) in [6, 6.07) is 0. The van der Waals surface area contributed by atoms with Crippen molar-refractivity contribution in [3.63, 3.8) is 0 Å². The molecular formula is C6H9NO2. The zero-order valence-electron chi connectivity index (χ0n) is 5.16. The van der Waals surface area contributed by atoms with Crippen molar-refractivity contribution < 1.29 is 10.0 Å². The molecule has 0 unspecified atom stereocenters. The fraction of sp³-hybridized carbons (Fsp3) is 0.167. The van der Waals surface area contributed by atoms with Crippen molar-refractivity contribution in [3.05, 3.63) is 24.3 Å². The van der Waals surface area contributed by atoms with Gasteiger partial charge in [0.15, 0.2) is 0 Å². The average Bonchev–Trinajstić information content (AvgIpc) is 1.89. The van der Waals surface area contributed by atoms with Gasteiger partial charge < -0.3 is 0 Å². The normalized spacial score (nSPS) is 10.9. The number of allylic oxidation sites excluding steroid dienone is 3. The quantitative estimate of drug-likeness (QED) is 0.247. The van der Waals surface area contributed by atoms with E-state index >= 15 is 0 Å². The van der Waals surface area contributed by atoms with E-state index < -0.39 is 5.91 Å². The molecule has 50 valence electrons. The zero-order valence-corrected chi connectivity index (χ0v) is 5.16. The Hall–Kier alpha value is -1.09. The lowest BCUT2D eigenvalue weighted by Crippen LogP contribution is -2.14. The second-order valence-electron chi connectivity index (χ2n) is 1.36. The van der Waals surface area contributed by atoms with Crippen LogP contribution in [0.15, 0.2) is 24.3 Å². The van der Waals surface area contributed by atoms with Crippen molar-refractivity contribution in [1.82, 2.24) is 5.48 Å². The van der Waals surface area contributed by atoms with E-state index in [0.29, 0.717) is 0 Å². The van der Waals surface area contributed by atoms with E-state index in [4.69, 9.17) is 5.21 Å². The molecule has 0 radical (unpaired) electrons. The van der Waals surface area contributed by atoms with Gasteiger partial charge in [0.1, 0.15) is 0 Å². The van der Waals surface area contributed by atoms with Gasteiger partial charge in [0.25, 0.3) is 5.91 Å². The highest BCUT2D eigenvalue weighted by molar-refractivity contribution is 5.86. The van der Waals surface area contributed by atoms with Crippen LogP contribution in [0, 0.1) is 0 Å². The van der Waals surface area contributed by atoms with Gasteiger partial charge in [0.05, 0.1) is 0 Å². The Kier molecular flexibility index (Phi) is 4.44. The van der Waals surface area contributed by atoms with Crippen LogP contribution < -0.4 is 5.48 Å². The molecule has 0 aliphatic heterocycles. The van der Waals surface area contributed by atoms with Gasteiger partial charge in [-0.15, -0.1) is 0 Å². The highest BCUT2D eigenvalue weighted by atomic mass is 16.5. The third-order valence-corrected chi connectivity index (χ3v) is 0.661. The van der Waals surface area contributed by atoms with Crippen LogP contribution in [-0.4, -0.2) is 11.1 Å². The minimum absolute atomic E-state index is 0.520. The second kappa shape index (κ2) is 5.05. The third kappa shape index (κ3) is 4.77. The molecule has 3 heteroatoms. The molecule has 3 nitrogen and oxygen atoms in total. The Morgan fingerprint density at radius 3 is 2.67 bits per heavy atom. The molecule has 9 heavy (non-hydrogen) atoms. The van der Waals surface area contributed by atoms with Crippen LogP contribution in [0.3, 0.4) is 0 Å². The van der Waals surface area contributed by atoms with Crippen LogP contribution in [0.5, 0.6) is 0 Å². The lowest BCUT2D eigenvalue weighted by Gasteiger charge is -1.83. The molecule has 0 rings (SSSR count). The Labute approximate surface area is 53.6 Å². The number of carbonyl (C=O) groups is 1. The van der Waals surface area contributed by atoms with E-state index in [1.165, 1.54) is 17.6 Å². The predicted octanol–water partition coefficient (Wildman–Crippen LogP) is 0.624. The lowest BCUT2D eigenvalue weighted by atomic mass is 10.4. The Balaban J connectivity index is 3.57. The fourth-order valence-corrected chi connectivity index (χ4v) is 0.291. The van der Waals surface area contributed by atoms with Crippen molar-refractivity contribution in [1.29, 1.82) is 0 Å². The average molecular weight is 127 g/mol. The number of hydrogen-bond acceptors (Lipinski definition) is 2. The summed E-state index contributed by atoms with van der Waals surface area (Å²) in [5.41, 5.74) is 1.46. The standard InChI is InChI=1S/C6H9NO2/c1-2-3-4-5-6(8)7-9/h2-5,9H,1H3,(H,7,8)/b3-2-,5-4+. The summed E-state index contributed by atoms with van der Waals surface area (Å²) in [6.07, 6.45) is 6.22. The predicted molar refractivity (Wildman–Crippen MR) is 33.9 cm³/mol. The van der Waals surface area contributed by atoms with Crippen LogP contribution in [0.1, 0.15) is 6.92 Å². The molecule has 0 aromatic carbocycles. The molecule has 0 aliphatic carbocycles. The third-order valence-electron chi connectivity index (χ3n) is 0.661. The molecule has 0 aliphatic rings. The number of carbonyl (C=O) groups excluding carboxylic acids is 1. The summed E-state index contributed by atoms with van der Waals surface area (Å²) in [4.78, 5) is 10.2. The maximum atomic E-state index is 10.2. The van der Waals surface area contributed by atoms with Crippen LogP contribution in [0.4, 0.5) is 0 Å². The SMILES string of the molecule is C/C=C\C=C\C(=O)NO. The van der Waals surface area contributed by atoms with Gasteiger partial charge in [0, 0.05) is 6.08 Å². The van der Waals surface area contributed by atoms with Crippen molar-refractivity contribution in [2.75, 3.05) is 0 Å². The van der Waals surface area contributed by atoms with Gasteiger partial charge in [-0.05, 0) is 6.92 Å². The molecule has 1 amide bonds. The molecule has 0 saturated heterocycles. The minimum atomic E-state index is -0.520. The molecule has 0 saturated carbocycles. The highest BCUT2D eigenvalue weighted by Crippen LogP contribution is 1.74. The molecule has 0 aromatic heterocycles. The summed E-state index contributed by atoms with van der Waals surface area (Å²) < 4.78 is 0. The molecule has 2 N–H and O–H groups in total. The fourth-order valence-electron chi connectivity index (χ4n) is 0.291. The minimum Gasteiger partial charge on any atom is -0.288 e. The molecule has 0 atom stereocenters. The molecule has 0 bridgehead atoms. The van der Waals surface area contributed by atoms with Crippen molar-refractivity contribution in [2.24, 2.45) is 0 Å². The van der Waals surface area contributed by atoms with Crippen molar-refractivity contribution in [3.8, 4) is 0 Å². The van der Waals surface area contributed by atoms with Crippen LogP contribution in [0.2, 0.25) is 0 Å². The summed E-state index contributed by atoms with van der Waals surface area (Å²) in [5, 5.41) is 7.96. The first kappa shape index (κ1) is 7.91. The monoisotopic (exact) mass is 127 g/mol. The van der Waals surface area contributed by atoms with Gasteiger partial charge in [0.2, 0.25) is 0 Å². The summed E-state index contributed by atoms with van der Waals surface area (Å²) in [5.74, 6) is -0.520. The van der Waals surface area contributed by atoms with Gasteiger partial charge >= 0.3 is 0 Å². The van der Waals surface area contributed by atoms with E-state index in [1.807, 2.05) is 6.92 Å². The maximum absolute atomic E-state index is 10.2. The van der Waals surface area contributed by atoms with Crippen molar-refractivity contribution >= 4 is 5.91 Å². The lowest BCUT2D eigenvalue weighted by molar-refractivity contribution is -0.124. The summed E-state index contributed by atoms with van der Waals surface area (Å²) in [7, 11) is 0. The summed E-state index contributed by atoms with van der Waals surface area (Å²) in [6.45, 7) is 1.83. The Morgan fingerprint density at radius 2 is 2.22 bits per heavy atom. The molecule has 0 heterocycles. The highest BCUT2D eigenvalue weighted by Gasteiger charge is 1.84. The summed E-state index contributed by atoms with van der Waals surface area (Å²) >= 11 is 0. The number of hydrogen-bond donors (Lipinski definition) is 2. The van der Waals surface area contributed by atoms with E-state index in [1.54, 1.807) is 12.2 Å². The van der Waals surface area contributed by atoms with Gasteiger partial charge in [-0.3, -0.25) is 10.0 Å². The second-order valence-corrected chi connectivity index (χ2v) is 1.36. The first-order valence-corrected chi connectivity index (χ1v) is 2.54. The van der Waals surface area contributed by atoms with Crippen LogP contribution in [0.25, 0.3) is 0 Å². The van der Waals surface area contributed by atoms with Gasteiger partial charge in [-0.25, -0.2) is 5.48 Å². The smallest absolute Gasteiger partial charge is 0.267 e. The number of nitrogens with one attached hydrogen (secondary N) is 1. The number of amides is 1. The maximum Gasteiger partial charge on any atom is 0.267 e. The van der Waals surface area contributed by atoms with Crippen LogP contribution >= 0.6 is 0 Å². The first-order valence-electron chi connectivity index (χ1n) is 2.54. The van der Waals surface area contributed by atoms with E-state index in [9.17, 15) is 4.79 Å². The van der Waals surface area contributed by atoms with Gasteiger partial charge in [-0.1, -0.05) is 18.2 Å². The van der Waals surface area contributed by atoms with E-state index in [0.717, 1.165) is 0 Å². The van der Waals surface area contributed by atoms with Gasteiger partial charge in [-0.2, -0.15) is 0 Å². The molecule has 0 spiro atoms. The topological polar surface area (TPSA) is 49.3 Å². The zero-order chi connectivity index (χ0) is 7.11. The van der Waals surface area contributed by atoms with E-state index in [2.05, 4.69) is 0 Å². The molecular weight excluding hydrogens is 118 g/mol. The molecule has 0 fully saturated rings. The van der Waals surface area contributed by atoms with E-state index in [-0.39, 0.29) is 0 Å². The number of rotatable bonds is 2. The first-order chi connectivity index (χ1) is 4.31. The molecule has 0 aromatic rings. The Morgan fingerprint density at radius 1 is 1.56 bits per heavy atom. The van der Waals surface area contributed by atoms with Crippen molar-refractivity contribution in [2.45, 2.75) is 6.92 Å². The number of hydroxylamine groups is 1. The largest absolute Gasteiger partial charge is 0.288 e.